The highest BCUT2D eigenvalue weighted by molar-refractivity contribution is 5.85. The molecule has 0 aliphatic carbocycles. The Kier molecular flexibility index (Phi) is 6.09. The first-order valence-electron chi connectivity index (χ1n) is 10.4. The van der Waals surface area contributed by atoms with Gasteiger partial charge < -0.3 is 19.9 Å². The summed E-state index contributed by atoms with van der Waals surface area (Å²) >= 11 is 0. The van der Waals surface area contributed by atoms with Crippen molar-refractivity contribution in [1.82, 2.24) is 15.3 Å². The molecule has 4 heterocycles. The molecule has 32 heavy (non-hydrogen) atoms. The first-order valence-corrected chi connectivity index (χ1v) is 10.4. The summed E-state index contributed by atoms with van der Waals surface area (Å²) in [7, 11) is 0. The van der Waals surface area contributed by atoms with Crippen LogP contribution >= 0.6 is 0 Å². The van der Waals surface area contributed by atoms with Gasteiger partial charge in [-0.2, -0.15) is 13.2 Å². The number of aromatic nitrogens is 2. The summed E-state index contributed by atoms with van der Waals surface area (Å²) in [4.78, 5) is 32.3. The van der Waals surface area contributed by atoms with E-state index in [4.69, 9.17) is 4.74 Å². The van der Waals surface area contributed by atoms with E-state index in [1.165, 1.54) is 23.2 Å². The molecule has 2 aromatic heterocycles. The predicted octanol–water partition coefficient (Wildman–Crippen LogP) is 3.19. The summed E-state index contributed by atoms with van der Waals surface area (Å²) < 4.78 is 45.9. The molecule has 4 rings (SSSR count). The maximum absolute atomic E-state index is 13.6. The van der Waals surface area contributed by atoms with Gasteiger partial charge in [-0.05, 0) is 55.0 Å². The largest absolute Gasteiger partial charge is 0.443 e. The van der Waals surface area contributed by atoms with Gasteiger partial charge in [-0.15, -0.1) is 0 Å². The SMILES string of the molecule is Cc1cnc(NC(=O)OC2CNC2)cc1-c1cc(N2CCCC[C@@H]2C(F)(F)F)[nH]c(=O)c1. The highest BCUT2D eigenvalue weighted by atomic mass is 19.4. The van der Waals surface area contributed by atoms with Crippen molar-refractivity contribution < 1.29 is 22.7 Å². The number of rotatable bonds is 4. The molecule has 0 spiro atoms. The van der Waals surface area contributed by atoms with Crippen LogP contribution in [0.4, 0.5) is 29.6 Å². The van der Waals surface area contributed by atoms with Gasteiger partial charge in [0, 0.05) is 31.9 Å². The number of pyridine rings is 2. The number of nitrogens with zero attached hydrogens (tertiary/aromatic N) is 2. The van der Waals surface area contributed by atoms with Crippen molar-refractivity contribution in [1.29, 1.82) is 0 Å². The van der Waals surface area contributed by atoms with Crippen LogP contribution in [0.5, 0.6) is 0 Å². The second-order valence-electron chi connectivity index (χ2n) is 8.06. The summed E-state index contributed by atoms with van der Waals surface area (Å²) in [6, 6.07) is 2.79. The maximum Gasteiger partial charge on any atom is 0.413 e. The standard InChI is InChI=1S/C21H24F3N5O3/c1-12-9-26-17(27-20(31)32-14-10-25-11-14)8-15(12)13-6-18(28-19(30)7-13)29-5-3-2-4-16(29)21(22,23)24/h6-9,14,16,25H,2-5,10-11H2,1H3,(H,28,30)(H,26,27,31)/t16-/m1/s1. The highest BCUT2D eigenvalue weighted by Gasteiger charge is 2.45. The molecule has 0 bridgehead atoms. The van der Waals surface area contributed by atoms with Gasteiger partial charge in [-0.25, -0.2) is 9.78 Å². The number of aryl methyl sites for hydroxylation is 1. The van der Waals surface area contributed by atoms with Gasteiger partial charge in [0.2, 0.25) is 5.56 Å². The van der Waals surface area contributed by atoms with Gasteiger partial charge in [0.25, 0.3) is 0 Å². The lowest BCUT2D eigenvalue weighted by Crippen LogP contribution is -2.49. The van der Waals surface area contributed by atoms with Crippen LogP contribution in [0, 0.1) is 6.92 Å². The van der Waals surface area contributed by atoms with Gasteiger partial charge in [-0.1, -0.05) is 0 Å². The fourth-order valence-electron chi connectivity index (χ4n) is 3.93. The minimum atomic E-state index is -4.40. The molecule has 0 unspecified atom stereocenters. The van der Waals surface area contributed by atoms with Gasteiger partial charge in [0.1, 0.15) is 23.8 Å². The van der Waals surface area contributed by atoms with Crippen molar-refractivity contribution in [3.05, 3.63) is 40.3 Å². The Morgan fingerprint density at radius 2 is 2.03 bits per heavy atom. The lowest BCUT2D eigenvalue weighted by Gasteiger charge is -2.38. The number of piperidine rings is 1. The van der Waals surface area contributed by atoms with E-state index in [9.17, 15) is 22.8 Å². The van der Waals surface area contributed by atoms with E-state index < -0.39 is 23.9 Å². The van der Waals surface area contributed by atoms with E-state index in [1.807, 2.05) is 0 Å². The van der Waals surface area contributed by atoms with E-state index in [1.54, 1.807) is 13.0 Å². The minimum absolute atomic E-state index is 0.0171. The Hall–Kier alpha value is -3.08. The predicted molar refractivity (Wildman–Crippen MR) is 113 cm³/mol. The Morgan fingerprint density at radius 3 is 2.72 bits per heavy atom. The smallest absolute Gasteiger partial charge is 0.413 e. The number of carbonyl (C=O) groups excluding carboxylic acids is 1. The molecule has 0 aromatic carbocycles. The molecule has 2 fully saturated rings. The fourth-order valence-corrected chi connectivity index (χ4v) is 3.93. The van der Waals surface area contributed by atoms with Crippen molar-refractivity contribution in [3.8, 4) is 11.1 Å². The first-order chi connectivity index (χ1) is 15.2. The van der Waals surface area contributed by atoms with Crippen LogP contribution in [0.15, 0.2) is 29.2 Å². The number of ether oxygens (including phenoxy) is 1. The number of carbonyl (C=O) groups is 1. The van der Waals surface area contributed by atoms with Crippen molar-refractivity contribution in [2.45, 2.75) is 44.5 Å². The third kappa shape index (κ3) is 4.87. The molecule has 8 nitrogen and oxygen atoms in total. The Bertz CT molecular complexity index is 1050. The van der Waals surface area contributed by atoms with Crippen molar-refractivity contribution in [3.63, 3.8) is 0 Å². The van der Waals surface area contributed by atoms with Crippen LogP contribution < -0.4 is 21.1 Å². The van der Waals surface area contributed by atoms with E-state index in [0.29, 0.717) is 42.6 Å². The number of nitrogens with one attached hydrogen (secondary N) is 3. The number of hydrogen-bond acceptors (Lipinski definition) is 6. The second-order valence-corrected chi connectivity index (χ2v) is 8.06. The van der Waals surface area contributed by atoms with Gasteiger partial charge in [0.05, 0.1) is 0 Å². The highest BCUT2D eigenvalue weighted by Crippen LogP contribution is 2.35. The topological polar surface area (TPSA) is 99.3 Å². The quantitative estimate of drug-likeness (QED) is 0.661. The molecule has 2 aliphatic heterocycles. The lowest BCUT2D eigenvalue weighted by atomic mass is 10.00. The Balaban J connectivity index is 1.63. The monoisotopic (exact) mass is 451 g/mol. The summed E-state index contributed by atoms with van der Waals surface area (Å²) in [5.41, 5.74) is 1.21. The third-order valence-electron chi connectivity index (χ3n) is 5.68. The van der Waals surface area contributed by atoms with Crippen LogP contribution in [0.3, 0.4) is 0 Å². The van der Waals surface area contributed by atoms with Crippen LogP contribution in [0.2, 0.25) is 0 Å². The fraction of sp³-hybridized carbons (Fsp3) is 0.476. The summed E-state index contributed by atoms with van der Waals surface area (Å²) in [5.74, 6) is 0.341. The summed E-state index contributed by atoms with van der Waals surface area (Å²) in [6.45, 7) is 3.15. The number of H-pyrrole nitrogens is 1. The zero-order chi connectivity index (χ0) is 22.9. The zero-order valence-electron chi connectivity index (χ0n) is 17.5. The number of aromatic amines is 1. The van der Waals surface area contributed by atoms with Gasteiger partial charge >= 0.3 is 12.3 Å². The molecule has 2 aliphatic rings. The number of alkyl halides is 3. The van der Waals surface area contributed by atoms with Crippen LogP contribution in [0.25, 0.3) is 11.1 Å². The average Bonchev–Trinajstić information content (AvgIpc) is 2.71. The lowest BCUT2D eigenvalue weighted by molar-refractivity contribution is -0.152. The number of amides is 1. The normalized spacial score (nSPS) is 19.4. The minimum Gasteiger partial charge on any atom is -0.443 e. The van der Waals surface area contributed by atoms with E-state index >= 15 is 0 Å². The van der Waals surface area contributed by atoms with Crippen molar-refractivity contribution in [2.75, 3.05) is 29.9 Å². The molecule has 11 heteroatoms. The molecular weight excluding hydrogens is 427 g/mol. The summed E-state index contributed by atoms with van der Waals surface area (Å²) in [6.07, 6.45) is -2.64. The molecule has 3 N–H and O–H groups in total. The Morgan fingerprint density at radius 1 is 1.25 bits per heavy atom. The number of halogens is 3. The second kappa shape index (κ2) is 8.81. The zero-order valence-corrected chi connectivity index (χ0v) is 17.5. The number of hydrogen-bond donors (Lipinski definition) is 3. The molecule has 172 valence electrons. The molecule has 2 aromatic rings. The number of anilines is 2. The molecule has 0 radical (unpaired) electrons. The first kappa shape index (κ1) is 22.1. The van der Waals surface area contributed by atoms with Crippen LogP contribution in [-0.2, 0) is 4.74 Å². The van der Waals surface area contributed by atoms with E-state index in [-0.39, 0.29) is 30.7 Å². The molecular formula is C21H24F3N5O3. The summed E-state index contributed by atoms with van der Waals surface area (Å²) in [5, 5.41) is 5.54. The van der Waals surface area contributed by atoms with Crippen molar-refractivity contribution >= 4 is 17.7 Å². The van der Waals surface area contributed by atoms with E-state index in [0.717, 1.165) is 0 Å². The Labute approximate surface area is 182 Å². The van der Waals surface area contributed by atoms with E-state index in [2.05, 4.69) is 20.6 Å². The molecule has 1 amide bonds. The van der Waals surface area contributed by atoms with Crippen LogP contribution in [0.1, 0.15) is 24.8 Å². The molecule has 2 saturated heterocycles. The van der Waals surface area contributed by atoms with Crippen molar-refractivity contribution in [2.24, 2.45) is 0 Å². The molecule has 0 saturated carbocycles. The third-order valence-corrected chi connectivity index (χ3v) is 5.68. The molecule has 1 atom stereocenters. The van der Waals surface area contributed by atoms with Gasteiger partial charge in [0.15, 0.2) is 0 Å². The maximum atomic E-state index is 13.6. The van der Waals surface area contributed by atoms with Crippen LogP contribution in [-0.4, -0.2) is 54.0 Å². The van der Waals surface area contributed by atoms with Gasteiger partial charge in [-0.3, -0.25) is 10.1 Å². The average molecular weight is 451 g/mol.